The highest BCUT2D eigenvalue weighted by Gasteiger charge is 2.22. The molecule has 0 N–H and O–H groups in total. The predicted molar refractivity (Wildman–Crippen MR) is 71.2 cm³/mol. The van der Waals surface area contributed by atoms with E-state index in [1.165, 1.54) is 20.4 Å². The Hall–Kier alpha value is -2.44. The first-order valence-corrected chi connectivity index (χ1v) is 6.12. The number of aryl methyl sites for hydroxylation is 2. The van der Waals surface area contributed by atoms with E-state index in [-0.39, 0.29) is 17.4 Å². The van der Waals surface area contributed by atoms with Gasteiger partial charge in [-0.05, 0) is 6.42 Å². The summed E-state index contributed by atoms with van der Waals surface area (Å²) >= 11 is 0. The molecule has 0 unspecified atom stereocenters. The van der Waals surface area contributed by atoms with Crippen LogP contribution in [0.5, 0.6) is 11.8 Å². The number of ether oxygens (including phenoxy) is 2. The Balaban J connectivity index is 2.47. The molecule has 0 aromatic carbocycles. The van der Waals surface area contributed by atoms with Gasteiger partial charge in [0, 0.05) is 13.2 Å². The lowest BCUT2D eigenvalue weighted by atomic mass is 10.1. The second-order valence-electron chi connectivity index (χ2n) is 4.12. The van der Waals surface area contributed by atoms with Crippen molar-refractivity contribution in [3.8, 4) is 11.8 Å². The molecule has 0 saturated heterocycles. The van der Waals surface area contributed by atoms with Gasteiger partial charge < -0.3 is 9.47 Å². The van der Waals surface area contributed by atoms with E-state index >= 15 is 0 Å². The van der Waals surface area contributed by atoms with Gasteiger partial charge in [-0.2, -0.15) is 10.1 Å². The third-order valence-corrected chi connectivity index (χ3v) is 2.82. The summed E-state index contributed by atoms with van der Waals surface area (Å²) in [6.07, 6.45) is 3.72. The molecule has 0 atom stereocenters. The van der Waals surface area contributed by atoms with Gasteiger partial charge in [0.2, 0.25) is 17.5 Å². The van der Waals surface area contributed by atoms with E-state index in [1.807, 2.05) is 6.92 Å². The lowest BCUT2D eigenvalue weighted by Crippen LogP contribution is -2.10. The quantitative estimate of drug-likeness (QED) is 0.759. The van der Waals surface area contributed by atoms with Crippen LogP contribution in [-0.2, 0) is 13.5 Å². The second-order valence-corrected chi connectivity index (χ2v) is 4.12. The van der Waals surface area contributed by atoms with Gasteiger partial charge in [-0.25, -0.2) is 4.98 Å². The van der Waals surface area contributed by atoms with Crippen LogP contribution in [0, 0.1) is 0 Å². The zero-order chi connectivity index (χ0) is 14.7. The molecule has 0 radical (unpaired) electrons. The minimum Gasteiger partial charge on any atom is -0.480 e. The Morgan fingerprint density at radius 3 is 2.70 bits per heavy atom. The van der Waals surface area contributed by atoms with Crippen LogP contribution in [0.15, 0.2) is 12.4 Å². The lowest BCUT2D eigenvalue weighted by molar-refractivity contribution is 0.102. The van der Waals surface area contributed by atoms with Crippen LogP contribution in [-0.4, -0.2) is 39.8 Å². The van der Waals surface area contributed by atoms with Gasteiger partial charge in [-0.3, -0.25) is 9.48 Å². The highest BCUT2D eigenvalue weighted by Crippen LogP contribution is 2.21. The molecule has 0 fully saturated rings. The van der Waals surface area contributed by atoms with Gasteiger partial charge in [-0.1, -0.05) is 6.92 Å². The average molecular weight is 276 g/mol. The number of rotatable bonds is 5. The monoisotopic (exact) mass is 276 g/mol. The van der Waals surface area contributed by atoms with Crippen molar-refractivity contribution < 1.29 is 14.3 Å². The van der Waals surface area contributed by atoms with Crippen molar-refractivity contribution in [2.45, 2.75) is 13.3 Å². The molecule has 2 rings (SSSR count). The van der Waals surface area contributed by atoms with Crippen LogP contribution in [0.2, 0.25) is 0 Å². The molecule has 0 saturated carbocycles. The van der Waals surface area contributed by atoms with Crippen molar-refractivity contribution in [1.82, 2.24) is 19.7 Å². The van der Waals surface area contributed by atoms with E-state index in [1.54, 1.807) is 17.9 Å². The standard InChI is InChI=1S/C13H16N4O3/c1-5-9-8(7-17(2)16-9)12(18)11-13(20-4)15-10(19-3)6-14-11/h6-7H,5H2,1-4H3. The Morgan fingerprint density at radius 2 is 2.10 bits per heavy atom. The maximum atomic E-state index is 12.5. The fourth-order valence-electron chi connectivity index (χ4n) is 1.87. The van der Waals surface area contributed by atoms with E-state index < -0.39 is 0 Å². The number of aromatic nitrogens is 4. The van der Waals surface area contributed by atoms with Gasteiger partial charge in [0.1, 0.15) is 0 Å². The molecule has 0 bridgehead atoms. The zero-order valence-electron chi connectivity index (χ0n) is 11.9. The van der Waals surface area contributed by atoms with Crippen molar-refractivity contribution in [2.75, 3.05) is 14.2 Å². The molecule has 0 amide bonds. The number of methoxy groups -OCH3 is 2. The maximum absolute atomic E-state index is 12.5. The number of ketones is 1. The molecule has 0 spiro atoms. The molecule has 0 aliphatic heterocycles. The highest BCUT2D eigenvalue weighted by atomic mass is 16.5. The molecule has 0 aliphatic carbocycles. The molecule has 7 nitrogen and oxygen atoms in total. The molecule has 7 heteroatoms. The molecule has 2 aromatic rings. The van der Waals surface area contributed by atoms with Crippen molar-refractivity contribution in [3.63, 3.8) is 0 Å². The van der Waals surface area contributed by atoms with Crippen LogP contribution in [0.4, 0.5) is 0 Å². The first-order chi connectivity index (χ1) is 9.60. The second kappa shape index (κ2) is 5.68. The Morgan fingerprint density at radius 1 is 1.35 bits per heavy atom. The molecule has 0 aliphatic rings. The molecule has 20 heavy (non-hydrogen) atoms. The van der Waals surface area contributed by atoms with Crippen LogP contribution in [0.1, 0.15) is 28.7 Å². The number of carbonyl (C=O) groups excluding carboxylic acids is 1. The van der Waals surface area contributed by atoms with Crippen molar-refractivity contribution >= 4 is 5.78 Å². The first kappa shape index (κ1) is 14.0. The minimum absolute atomic E-state index is 0.139. The van der Waals surface area contributed by atoms with Crippen LogP contribution < -0.4 is 9.47 Å². The number of hydrogen-bond donors (Lipinski definition) is 0. The lowest BCUT2D eigenvalue weighted by Gasteiger charge is -2.06. The van der Waals surface area contributed by atoms with Gasteiger partial charge in [-0.15, -0.1) is 0 Å². The summed E-state index contributed by atoms with van der Waals surface area (Å²) in [7, 11) is 4.68. The summed E-state index contributed by atoms with van der Waals surface area (Å²) in [5.74, 6) is 0.169. The number of carbonyl (C=O) groups is 1. The Kier molecular flexibility index (Phi) is 3.97. The van der Waals surface area contributed by atoms with E-state index in [0.29, 0.717) is 17.9 Å². The predicted octanol–water partition coefficient (Wildman–Crippen LogP) is 1.02. The van der Waals surface area contributed by atoms with E-state index in [2.05, 4.69) is 15.1 Å². The van der Waals surface area contributed by atoms with Gasteiger partial charge >= 0.3 is 0 Å². The van der Waals surface area contributed by atoms with Crippen molar-refractivity contribution in [3.05, 3.63) is 29.3 Å². The van der Waals surface area contributed by atoms with Crippen LogP contribution in [0.25, 0.3) is 0 Å². The molecular weight excluding hydrogens is 260 g/mol. The van der Waals surface area contributed by atoms with Gasteiger partial charge in [0.15, 0.2) is 5.69 Å². The molecular formula is C13H16N4O3. The summed E-state index contributed by atoms with van der Waals surface area (Å²) in [5, 5.41) is 4.25. The molecule has 2 aromatic heterocycles. The third kappa shape index (κ3) is 2.47. The van der Waals surface area contributed by atoms with Gasteiger partial charge in [0.25, 0.3) is 0 Å². The Bertz CT molecular complexity index is 637. The highest BCUT2D eigenvalue weighted by molar-refractivity contribution is 6.09. The van der Waals surface area contributed by atoms with Crippen molar-refractivity contribution in [2.24, 2.45) is 7.05 Å². The molecule has 106 valence electrons. The first-order valence-electron chi connectivity index (χ1n) is 6.12. The summed E-state index contributed by atoms with van der Waals surface area (Å²) < 4.78 is 11.7. The van der Waals surface area contributed by atoms with E-state index in [4.69, 9.17) is 9.47 Å². The van der Waals surface area contributed by atoms with Crippen LogP contribution >= 0.6 is 0 Å². The average Bonchev–Trinajstić information content (AvgIpc) is 2.86. The number of nitrogens with zero attached hydrogens (tertiary/aromatic N) is 4. The largest absolute Gasteiger partial charge is 0.480 e. The fraction of sp³-hybridized carbons (Fsp3) is 0.385. The van der Waals surface area contributed by atoms with Crippen molar-refractivity contribution in [1.29, 1.82) is 0 Å². The minimum atomic E-state index is -0.262. The number of hydrogen-bond acceptors (Lipinski definition) is 6. The maximum Gasteiger partial charge on any atom is 0.247 e. The third-order valence-electron chi connectivity index (χ3n) is 2.82. The zero-order valence-corrected chi connectivity index (χ0v) is 11.9. The normalized spacial score (nSPS) is 10.4. The van der Waals surface area contributed by atoms with Crippen LogP contribution in [0.3, 0.4) is 0 Å². The smallest absolute Gasteiger partial charge is 0.247 e. The SMILES string of the molecule is CCc1nn(C)cc1C(=O)c1ncc(OC)nc1OC. The summed E-state index contributed by atoms with van der Waals surface area (Å²) in [4.78, 5) is 20.7. The fourth-order valence-corrected chi connectivity index (χ4v) is 1.87. The molecule has 2 heterocycles. The summed E-state index contributed by atoms with van der Waals surface area (Å²) in [5.41, 5.74) is 1.38. The van der Waals surface area contributed by atoms with Gasteiger partial charge in [0.05, 0.1) is 31.7 Å². The van der Waals surface area contributed by atoms with E-state index in [9.17, 15) is 4.79 Å². The Labute approximate surface area is 116 Å². The topological polar surface area (TPSA) is 79.1 Å². The summed E-state index contributed by atoms with van der Waals surface area (Å²) in [6, 6.07) is 0. The summed E-state index contributed by atoms with van der Waals surface area (Å²) in [6.45, 7) is 1.94. The van der Waals surface area contributed by atoms with E-state index in [0.717, 1.165) is 5.69 Å².